The normalized spacial score (nSPS) is 38.3. The monoisotopic (exact) mass is 181 g/mol. The van der Waals surface area contributed by atoms with E-state index in [1.54, 1.807) is 0 Å². The molecule has 1 aliphatic heterocycles. The van der Waals surface area contributed by atoms with E-state index in [2.05, 4.69) is 4.99 Å². The lowest BCUT2D eigenvalue weighted by Crippen LogP contribution is -2.32. The molecule has 1 heterocycles. The van der Waals surface area contributed by atoms with Crippen molar-refractivity contribution in [1.82, 2.24) is 0 Å². The minimum absolute atomic E-state index is 0.110. The van der Waals surface area contributed by atoms with Gasteiger partial charge in [-0.25, -0.2) is 0 Å². The average Bonchev–Trinajstić information content (AvgIpc) is 2.54. The maximum absolute atomic E-state index is 10.7. The predicted octanol–water partition coefficient (Wildman–Crippen LogP) is 1.86. The number of hydrogen-bond acceptors (Lipinski definition) is 2. The van der Waals surface area contributed by atoms with Crippen molar-refractivity contribution in [3.05, 3.63) is 0 Å². The van der Waals surface area contributed by atoms with E-state index in [-0.39, 0.29) is 11.5 Å². The molecule has 13 heavy (non-hydrogen) atoms. The first-order valence-electron chi connectivity index (χ1n) is 4.98. The summed E-state index contributed by atoms with van der Waals surface area (Å²) < 4.78 is 0. The summed E-state index contributed by atoms with van der Waals surface area (Å²) in [5.41, 5.74) is 0.145. The highest BCUT2D eigenvalue weighted by Gasteiger charge is 2.37. The number of carbonyl (C=O) groups is 1. The molecule has 3 heteroatoms. The first-order valence-corrected chi connectivity index (χ1v) is 4.98. The van der Waals surface area contributed by atoms with Crippen molar-refractivity contribution >= 4 is 12.2 Å². The van der Waals surface area contributed by atoms with Gasteiger partial charge in [0, 0.05) is 0 Å². The Bertz CT molecular complexity index is 239. The summed E-state index contributed by atoms with van der Waals surface area (Å²) in [5.74, 6) is -0.738. The van der Waals surface area contributed by atoms with Gasteiger partial charge in [0.1, 0.15) is 0 Å². The Morgan fingerprint density at radius 3 is 2.54 bits per heavy atom. The van der Waals surface area contributed by atoms with Crippen molar-refractivity contribution in [3.8, 4) is 0 Å². The van der Waals surface area contributed by atoms with Crippen LogP contribution in [0.2, 0.25) is 0 Å². The van der Waals surface area contributed by atoms with Crippen LogP contribution in [-0.2, 0) is 4.79 Å². The molecule has 0 aromatic rings. The molecule has 0 aromatic carbocycles. The van der Waals surface area contributed by atoms with Gasteiger partial charge < -0.3 is 5.11 Å². The third kappa shape index (κ3) is 1.60. The second-order valence-corrected chi connectivity index (χ2v) is 4.19. The number of aliphatic imine (C=N–C) groups is 1. The first kappa shape index (κ1) is 8.73. The zero-order chi connectivity index (χ0) is 9.31. The third-order valence-corrected chi connectivity index (χ3v) is 3.37. The SMILES string of the molecule is O=C(O)C1CCC2(CCC=N2)CC1. The Morgan fingerprint density at radius 2 is 2.08 bits per heavy atom. The Hall–Kier alpha value is -0.860. The van der Waals surface area contributed by atoms with Crippen LogP contribution in [0.1, 0.15) is 38.5 Å². The van der Waals surface area contributed by atoms with Crippen LogP contribution < -0.4 is 0 Å². The summed E-state index contributed by atoms with van der Waals surface area (Å²) in [5, 5.41) is 8.83. The molecule has 0 saturated heterocycles. The Kier molecular flexibility index (Phi) is 2.10. The molecule has 0 radical (unpaired) electrons. The molecule has 1 N–H and O–H groups in total. The highest BCUT2D eigenvalue weighted by molar-refractivity contribution is 5.70. The van der Waals surface area contributed by atoms with Crippen LogP contribution in [0.25, 0.3) is 0 Å². The van der Waals surface area contributed by atoms with Crippen molar-refractivity contribution in [1.29, 1.82) is 0 Å². The molecule has 3 nitrogen and oxygen atoms in total. The van der Waals surface area contributed by atoms with Gasteiger partial charge in [-0.1, -0.05) is 0 Å². The summed E-state index contributed by atoms with van der Waals surface area (Å²) in [4.78, 5) is 15.2. The fraction of sp³-hybridized carbons (Fsp3) is 0.800. The quantitative estimate of drug-likeness (QED) is 0.671. The van der Waals surface area contributed by atoms with Crippen molar-refractivity contribution < 1.29 is 9.90 Å². The molecule has 1 fully saturated rings. The molecule has 0 amide bonds. The summed E-state index contributed by atoms with van der Waals surface area (Å²) in [6.45, 7) is 0. The molecular formula is C10H15NO2. The first-order chi connectivity index (χ1) is 6.22. The summed E-state index contributed by atoms with van der Waals surface area (Å²) in [7, 11) is 0. The molecular weight excluding hydrogens is 166 g/mol. The van der Waals surface area contributed by atoms with E-state index in [1.165, 1.54) is 0 Å². The van der Waals surface area contributed by atoms with Gasteiger partial charge in [0.05, 0.1) is 11.5 Å². The van der Waals surface area contributed by atoms with Crippen LogP contribution in [0.15, 0.2) is 4.99 Å². The maximum atomic E-state index is 10.7. The van der Waals surface area contributed by atoms with Gasteiger partial charge in [0.2, 0.25) is 0 Å². The number of carboxylic acids is 1. The van der Waals surface area contributed by atoms with Crippen LogP contribution in [0, 0.1) is 5.92 Å². The van der Waals surface area contributed by atoms with Crippen LogP contribution in [0.5, 0.6) is 0 Å². The molecule has 1 spiro atoms. The fourth-order valence-corrected chi connectivity index (χ4v) is 2.44. The molecule has 0 bridgehead atoms. The van der Waals surface area contributed by atoms with Gasteiger partial charge in [-0.2, -0.15) is 0 Å². The number of carboxylic acid groups (broad SMARTS) is 1. The van der Waals surface area contributed by atoms with Gasteiger partial charge in [0.25, 0.3) is 0 Å². The van der Waals surface area contributed by atoms with Crippen LogP contribution in [0.3, 0.4) is 0 Å². The van der Waals surface area contributed by atoms with E-state index in [1.807, 2.05) is 6.21 Å². The van der Waals surface area contributed by atoms with Crippen LogP contribution in [0.4, 0.5) is 0 Å². The predicted molar refractivity (Wildman–Crippen MR) is 50.1 cm³/mol. The highest BCUT2D eigenvalue weighted by Crippen LogP contribution is 2.40. The Morgan fingerprint density at radius 1 is 1.38 bits per heavy atom. The van der Waals surface area contributed by atoms with Gasteiger partial charge in [-0.3, -0.25) is 9.79 Å². The van der Waals surface area contributed by atoms with Crippen molar-refractivity contribution in [2.75, 3.05) is 0 Å². The number of rotatable bonds is 1. The third-order valence-electron chi connectivity index (χ3n) is 3.37. The van der Waals surface area contributed by atoms with E-state index >= 15 is 0 Å². The smallest absolute Gasteiger partial charge is 0.306 e. The summed E-state index contributed by atoms with van der Waals surface area (Å²) >= 11 is 0. The zero-order valence-electron chi connectivity index (χ0n) is 7.70. The van der Waals surface area contributed by atoms with Crippen LogP contribution >= 0.6 is 0 Å². The Labute approximate surface area is 77.9 Å². The molecule has 2 aliphatic rings. The van der Waals surface area contributed by atoms with Crippen LogP contribution in [-0.4, -0.2) is 22.8 Å². The highest BCUT2D eigenvalue weighted by atomic mass is 16.4. The average molecular weight is 181 g/mol. The largest absolute Gasteiger partial charge is 0.481 e. The number of nitrogens with zero attached hydrogens (tertiary/aromatic N) is 1. The van der Waals surface area contributed by atoms with E-state index in [4.69, 9.17) is 5.11 Å². The van der Waals surface area contributed by atoms with Crippen molar-refractivity contribution in [3.63, 3.8) is 0 Å². The summed E-state index contributed by atoms with van der Waals surface area (Å²) in [6.07, 6.45) is 7.79. The molecule has 0 aromatic heterocycles. The van der Waals surface area contributed by atoms with E-state index in [9.17, 15) is 4.79 Å². The van der Waals surface area contributed by atoms with Gasteiger partial charge in [-0.05, 0) is 44.7 Å². The van der Waals surface area contributed by atoms with E-state index in [0.29, 0.717) is 0 Å². The summed E-state index contributed by atoms with van der Waals surface area (Å²) in [6, 6.07) is 0. The van der Waals surface area contributed by atoms with E-state index in [0.717, 1.165) is 38.5 Å². The maximum Gasteiger partial charge on any atom is 0.306 e. The number of aliphatic carboxylic acids is 1. The lowest BCUT2D eigenvalue weighted by molar-refractivity contribution is -0.143. The lowest BCUT2D eigenvalue weighted by atomic mass is 9.76. The topological polar surface area (TPSA) is 49.7 Å². The van der Waals surface area contributed by atoms with Gasteiger partial charge in [-0.15, -0.1) is 0 Å². The zero-order valence-corrected chi connectivity index (χ0v) is 7.70. The van der Waals surface area contributed by atoms with Gasteiger partial charge >= 0.3 is 5.97 Å². The Balaban J connectivity index is 1.96. The van der Waals surface area contributed by atoms with E-state index < -0.39 is 5.97 Å². The minimum Gasteiger partial charge on any atom is -0.481 e. The second-order valence-electron chi connectivity index (χ2n) is 4.19. The molecule has 0 unspecified atom stereocenters. The minimum atomic E-state index is -0.628. The fourth-order valence-electron chi connectivity index (χ4n) is 2.44. The van der Waals surface area contributed by atoms with Crippen molar-refractivity contribution in [2.24, 2.45) is 10.9 Å². The van der Waals surface area contributed by atoms with Crippen molar-refractivity contribution in [2.45, 2.75) is 44.1 Å². The number of hydrogen-bond donors (Lipinski definition) is 1. The molecule has 2 rings (SSSR count). The molecule has 0 atom stereocenters. The molecule has 72 valence electrons. The molecule has 1 aliphatic carbocycles. The van der Waals surface area contributed by atoms with Gasteiger partial charge in [0.15, 0.2) is 0 Å². The standard InChI is InChI=1S/C10H15NO2/c12-9(13)8-2-5-10(6-3-8)4-1-7-11-10/h7-8H,1-6H2,(H,12,13). The second kappa shape index (κ2) is 3.13. The molecule has 1 saturated carbocycles. The lowest BCUT2D eigenvalue weighted by Gasteiger charge is -2.33.